The van der Waals surface area contributed by atoms with Crippen molar-refractivity contribution in [1.29, 1.82) is 0 Å². The zero-order valence-electron chi connectivity index (χ0n) is 16.0. The first kappa shape index (κ1) is 20.3. The van der Waals surface area contributed by atoms with Crippen LogP contribution in [0.5, 0.6) is 5.75 Å². The van der Waals surface area contributed by atoms with Gasteiger partial charge in [-0.2, -0.15) is 4.31 Å². The summed E-state index contributed by atoms with van der Waals surface area (Å²) in [6.07, 6.45) is 2.32. The Balaban J connectivity index is 1.62. The van der Waals surface area contributed by atoms with Crippen LogP contribution in [0.2, 0.25) is 0 Å². The molecule has 1 amide bonds. The lowest BCUT2D eigenvalue weighted by Gasteiger charge is -2.30. The number of amides is 1. The van der Waals surface area contributed by atoms with Crippen molar-refractivity contribution in [3.63, 3.8) is 0 Å². The van der Waals surface area contributed by atoms with Gasteiger partial charge < -0.3 is 10.4 Å². The average molecular weight is 404 g/mol. The van der Waals surface area contributed by atoms with Gasteiger partial charge in [-0.25, -0.2) is 13.4 Å². The van der Waals surface area contributed by atoms with Crippen molar-refractivity contribution in [2.45, 2.75) is 37.5 Å². The number of aromatic nitrogens is 1. The molecule has 0 atom stereocenters. The molecule has 8 heteroatoms. The number of hydrogen-bond acceptors (Lipinski definition) is 5. The number of sulfonamides is 1. The largest absolute Gasteiger partial charge is 0.504 e. The van der Waals surface area contributed by atoms with Crippen LogP contribution in [0.25, 0.3) is 0 Å². The monoisotopic (exact) mass is 403 g/mol. The predicted molar refractivity (Wildman–Crippen MR) is 107 cm³/mol. The Morgan fingerprint density at radius 1 is 1.18 bits per heavy atom. The molecule has 2 N–H and O–H groups in total. The zero-order chi connectivity index (χ0) is 20.3. The lowest BCUT2D eigenvalue weighted by atomic mass is 9.97. The molecule has 1 aliphatic rings. The predicted octanol–water partition coefficient (Wildman–Crippen LogP) is 2.95. The molecule has 3 rings (SSSR count). The van der Waals surface area contributed by atoms with Crippen LogP contribution < -0.4 is 5.32 Å². The number of pyridine rings is 1. The van der Waals surface area contributed by atoms with Gasteiger partial charge in [0.25, 0.3) is 0 Å². The smallest absolute Gasteiger partial charge is 0.243 e. The fourth-order valence-corrected chi connectivity index (χ4v) is 4.71. The molecule has 1 fully saturated rings. The highest BCUT2D eigenvalue weighted by Crippen LogP contribution is 2.27. The van der Waals surface area contributed by atoms with E-state index in [4.69, 9.17) is 0 Å². The Labute approximate surface area is 165 Å². The number of carbonyl (C=O) groups excluding carboxylic acids is 1. The number of piperidine rings is 1. The first-order valence-corrected chi connectivity index (χ1v) is 10.8. The van der Waals surface area contributed by atoms with E-state index in [1.165, 1.54) is 16.6 Å². The summed E-state index contributed by atoms with van der Waals surface area (Å²) in [4.78, 5) is 16.6. The van der Waals surface area contributed by atoms with E-state index in [1.54, 1.807) is 18.2 Å². The van der Waals surface area contributed by atoms with Crippen LogP contribution in [0, 0.1) is 5.92 Å². The van der Waals surface area contributed by atoms with Crippen LogP contribution in [0.4, 0.5) is 5.82 Å². The number of carbonyl (C=O) groups is 1. The van der Waals surface area contributed by atoms with Crippen LogP contribution in [-0.2, 0) is 14.8 Å². The molecule has 28 heavy (non-hydrogen) atoms. The van der Waals surface area contributed by atoms with Crippen molar-refractivity contribution in [1.82, 2.24) is 9.29 Å². The van der Waals surface area contributed by atoms with E-state index in [2.05, 4.69) is 24.1 Å². The third-order valence-electron chi connectivity index (χ3n) is 5.04. The van der Waals surface area contributed by atoms with E-state index in [9.17, 15) is 18.3 Å². The summed E-state index contributed by atoms with van der Waals surface area (Å²) in [5.41, 5.74) is 1.09. The van der Waals surface area contributed by atoms with Gasteiger partial charge in [0.05, 0.1) is 4.90 Å². The van der Waals surface area contributed by atoms with Crippen molar-refractivity contribution in [3.05, 3.63) is 48.2 Å². The molecule has 0 saturated carbocycles. The quantitative estimate of drug-likeness (QED) is 0.800. The normalized spacial score (nSPS) is 16.2. The van der Waals surface area contributed by atoms with Crippen LogP contribution in [0.3, 0.4) is 0 Å². The lowest BCUT2D eigenvalue weighted by Crippen LogP contribution is -2.41. The van der Waals surface area contributed by atoms with Crippen molar-refractivity contribution < 1.29 is 18.3 Å². The van der Waals surface area contributed by atoms with Crippen LogP contribution in [0.1, 0.15) is 38.2 Å². The highest BCUT2D eigenvalue weighted by atomic mass is 32.2. The fraction of sp³-hybridized carbons (Fsp3) is 0.400. The molecule has 0 radical (unpaired) electrons. The van der Waals surface area contributed by atoms with Crippen LogP contribution in [-0.4, -0.2) is 41.8 Å². The number of benzene rings is 1. The van der Waals surface area contributed by atoms with Gasteiger partial charge in [-0.1, -0.05) is 26.0 Å². The van der Waals surface area contributed by atoms with Gasteiger partial charge in [-0.05, 0) is 48.6 Å². The van der Waals surface area contributed by atoms with E-state index in [-0.39, 0.29) is 41.4 Å². The zero-order valence-corrected chi connectivity index (χ0v) is 16.8. The van der Waals surface area contributed by atoms with Crippen molar-refractivity contribution >= 4 is 21.7 Å². The SMILES string of the molecule is CC(C)c1ccc(S(=O)(=O)N2CCC(C(=O)Nc3ncccc3O)CC2)cc1. The van der Waals surface area contributed by atoms with Gasteiger partial charge in [-0.15, -0.1) is 0 Å². The Hall–Kier alpha value is -2.45. The summed E-state index contributed by atoms with van der Waals surface area (Å²) in [6.45, 7) is 4.68. The van der Waals surface area contributed by atoms with Gasteiger partial charge in [0.2, 0.25) is 15.9 Å². The molecule has 0 spiro atoms. The Morgan fingerprint density at radius 2 is 1.82 bits per heavy atom. The molecule has 1 saturated heterocycles. The summed E-state index contributed by atoms with van der Waals surface area (Å²) >= 11 is 0. The number of anilines is 1. The Bertz CT molecular complexity index is 934. The summed E-state index contributed by atoms with van der Waals surface area (Å²) in [7, 11) is -3.57. The molecule has 2 aromatic rings. The van der Waals surface area contributed by atoms with E-state index in [1.807, 2.05) is 12.1 Å². The molecule has 1 aliphatic heterocycles. The second-order valence-electron chi connectivity index (χ2n) is 7.26. The number of hydrogen-bond donors (Lipinski definition) is 2. The third-order valence-corrected chi connectivity index (χ3v) is 6.95. The number of aromatic hydroxyl groups is 1. The third kappa shape index (κ3) is 4.34. The highest BCUT2D eigenvalue weighted by Gasteiger charge is 2.32. The molecular formula is C20H25N3O4S. The number of nitrogens with zero attached hydrogens (tertiary/aromatic N) is 2. The summed E-state index contributed by atoms with van der Waals surface area (Å²) in [6, 6.07) is 10.00. The van der Waals surface area contributed by atoms with Gasteiger partial charge in [0, 0.05) is 25.2 Å². The fourth-order valence-electron chi connectivity index (χ4n) is 3.24. The van der Waals surface area contributed by atoms with E-state index < -0.39 is 10.0 Å². The van der Waals surface area contributed by atoms with Crippen LogP contribution >= 0.6 is 0 Å². The van der Waals surface area contributed by atoms with Gasteiger partial charge >= 0.3 is 0 Å². The van der Waals surface area contributed by atoms with Crippen molar-refractivity contribution in [2.24, 2.45) is 5.92 Å². The number of rotatable bonds is 5. The minimum atomic E-state index is -3.57. The van der Waals surface area contributed by atoms with Crippen molar-refractivity contribution in [2.75, 3.05) is 18.4 Å². The second-order valence-corrected chi connectivity index (χ2v) is 9.20. The molecule has 150 valence electrons. The topological polar surface area (TPSA) is 99.6 Å². The Kier molecular flexibility index (Phi) is 6.00. The first-order valence-electron chi connectivity index (χ1n) is 9.34. The molecule has 1 aromatic carbocycles. The molecule has 0 unspecified atom stereocenters. The van der Waals surface area contributed by atoms with E-state index in [0.717, 1.165) is 5.56 Å². The average Bonchev–Trinajstić information content (AvgIpc) is 2.70. The summed E-state index contributed by atoms with van der Waals surface area (Å²) in [5, 5.41) is 12.3. The summed E-state index contributed by atoms with van der Waals surface area (Å²) in [5.74, 6) is -0.221. The number of nitrogens with one attached hydrogen (secondary N) is 1. The van der Waals surface area contributed by atoms with E-state index in [0.29, 0.717) is 18.8 Å². The van der Waals surface area contributed by atoms with Gasteiger partial charge in [0.15, 0.2) is 11.6 Å². The Morgan fingerprint density at radius 3 is 2.39 bits per heavy atom. The lowest BCUT2D eigenvalue weighted by molar-refractivity contribution is -0.120. The summed E-state index contributed by atoms with van der Waals surface area (Å²) < 4.78 is 27.2. The maximum Gasteiger partial charge on any atom is 0.243 e. The van der Waals surface area contributed by atoms with E-state index >= 15 is 0 Å². The maximum absolute atomic E-state index is 12.9. The molecule has 7 nitrogen and oxygen atoms in total. The standard InChI is InChI=1S/C20H25N3O4S/c1-14(2)15-5-7-17(8-6-15)28(26,27)23-12-9-16(10-13-23)20(25)22-19-18(24)4-3-11-21-19/h3-8,11,14,16,24H,9-10,12-13H2,1-2H3,(H,21,22,25). The molecule has 0 aliphatic carbocycles. The minimum absolute atomic E-state index is 0.0966. The maximum atomic E-state index is 12.9. The minimum Gasteiger partial charge on any atom is -0.504 e. The first-order chi connectivity index (χ1) is 13.3. The molecule has 0 bridgehead atoms. The van der Waals surface area contributed by atoms with Gasteiger partial charge in [-0.3, -0.25) is 4.79 Å². The van der Waals surface area contributed by atoms with Gasteiger partial charge in [0.1, 0.15) is 0 Å². The van der Waals surface area contributed by atoms with Crippen LogP contribution in [0.15, 0.2) is 47.5 Å². The molecule has 1 aromatic heterocycles. The second kappa shape index (κ2) is 8.28. The molecule has 2 heterocycles. The van der Waals surface area contributed by atoms with Crippen molar-refractivity contribution in [3.8, 4) is 5.75 Å². The highest BCUT2D eigenvalue weighted by molar-refractivity contribution is 7.89. The molecular weight excluding hydrogens is 378 g/mol.